The molecule has 21 heavy (non-hydrogen) atoms. The second-order valence-electron chi connectivity index (χ2n) is 5.09. The van der Waals surface area contributed by atoms with E-state index in [1.807, 2.05) is 6.92 Å². The Morgan fingerprint density at radius 2 is 1.90 bits per heavy atom. The zero-order valence-corrected chi connectivity index (χ0v) is 12.6. The van der Waals surface area contributed by atoms with E-state index in [4.69, 9.17) is 14.9 Å². The Hall–Kier alpha value is -0.950. The van der Waals surface area contributed by atoms with E-state index in [2.05, 4.69) is 0 Å². The van der Waals surface area contributed by atoms with E-state index in [0.717, 1.165) is 12.8 Å². The number of aliphatic hydroxyl groups is 4. The van der Waals surface area contributed by atoms with Gasteiger partial charge >= 0.3 is 5.97 Å². The Balaban J connectivity index is 3.66. The molecule has 6 heteroatoms. The van der Waals surface area contributed by atoms with Gasteiger partial charge in [0.1, 0.15) is 12.7 Å². The van der Waals surface area contributed by atoms with Crippen LogP contribution in [0.4, 0.5) is 0 Å². The van der Waals surface area contributed by atoms with Crippen LogP contribution in [-0.4, -0.2) is 57.9 Å². The second kappa shape index (κ2) is 12.8. The monoisotopic (exact) mass is 304 g/mol. The molecule has 0 aliphatic heterocycles. The predicted octanol–water partition coefficient (Wildman–Crippen LogP) is 0.521. The molecular formula is C15H28O6. The first-order valence-corrected chi connectivity index (χ1v) is 7.46. The van der Waals surface area contributed by atoms with Crippen molar-refractivity contribution >= 4 is 5.97 Å². The summed E-state index contributed by atoms with van der Waals surface area (Å²) in [7, 11) is 0. The predicted molar refractivity (Wildman–Crippen MR) is 78.6 cm³/mol. The largest absolute Gasteiger partial charge is 0.463 e. The molecule has 0 aromatic carbocycles. The van der Waals surface area contributed by atoms with Crippen molar-refractivity contribution in [1.29, 1.82) is 0 Å². The van der Waals surface area contributed by atoms with Gasteiger partial charge in [0.15, 0.2) is 0 Å². The van der Waals surface area contributed by atoms with Gasteiger partial charge in [0, 0.05) is 6.42 Å². The molecule has 0 bridgehead atoms. The first-order valence-electron chi connectivity index (χ1n) is 7.46. The van der Waals surface area contributed by atoms with Gasteiger partial charge < -0.3 is 25.2 Å². The van der Waals surface area contributed by atoms with Crippen LogP contribution in [0.3, 0.4) is 0 Å². The minimum absolute atomic E-state index is 0.154. The Morgan fingerprint density at radius 3 is 2.52 bits per heavy atom. The van der Waals surface area contributed by atoms with Crippen molar-refractivity contribution in [2.24, 2.45) is 0 Å². The highest BCUT2D eigenvalue weighted by Crippen LogP contribution is 2.06. The number of hydrogen-bond acceptors (Lipinski definition) is 6. The second-order valence-corrected chi connectivity index (χ2v) is 5.09. The van der Waals surface area contributed by atoms with Crippen molar-refractivity contribution < 1.29 is 30.0 Å². The SMILES string of the molecule is CCCC(O)CC=CC(O)CCCC(=O)OCC(O)CO. The summed E-state index contributed by atoms with van der Waals surface area (Å²) in [6.07, 6.45) is 4.55. The van der Waals surface area contributed by atoms with Crippen molar-refractivity contribution in [3.63, 3.8) is 0 Å². The average molecular weight is 304 g/mol. The highest BCUT2D eigenvalue weighted by Gasteiger charge is 2.08. The third-order valence-electron chi connectivity index (χ3n) is 2.92. The van der Waals surface area contributed by atoms with Crippen LogP contribution in [0.1, 0.15) is 45.4 Å². The third kappa shape index (κ3) is 12.5. The van der Waals surface area contributed by atoms with Crippen molar-refractivity contribution in [3.05, 3.63) is 12.2 Å². The van der Waals surface area contributed by atoms with Gasteiger partial charge in [-0.2, -0.15) is 0 Å². The molecule has 3 unspecified atom stereocenters. The summed E-state index contributed by atoms with van der Waals surface area (Å²) in [4.78, 5) is 11.3. The van der Waals surface area contributed by atoms with E-state index >= 15 is 0 Å². The molecule has 124 valence electrons. The van der Waals surface area contributed by atoms with Gasteiger partial charge in [-0.05, 0) is 25.7 Å². The lowest BCUT2D eigenvalue weighted by Gasteiger charge is -2.09. The van der Waals surface area contributed by atoms with E-state index in [1.165, 1.54) is 0 Å². The smallest absolute Gasteiger partial charge is 0.305 e. The summed E-state index contributed by atoms with van der Waals surface area (Å²) in [5.74, 6) is -0.461. The van der Waals surface area contributed by atoms with Gasteiger partial charge in [-0.15, -0.1) is 0 Å². The number of aliphatic hydroxyl groups excluding tert-OH is 4. The van der Waals surface area contributed by atoms with Crippen LogP contribution < -0.4 is 0 Å². The quantitative estimate of drug-likeness (QED) is 0.309. The zero-order chi connectivity index (χ0) is 16.1. The Morgan fingerprint density at radius 1 is 1.19 bits per heavy atom. The lowest BCUT2D eigenvalue weighted by molar-refractivity contribution is -0.147. The van der Waals surface area contributed by atoms with Gasteiger partial charge in [0.25, 0.3) is 0 Å². The summed E-state index contributed by atoms with van der Waals surface area (Å²) in [6.45, 7) is 1.34. The molecule has 0 heterocycles. The summed E-state index contributed by atoms with van der Waals surface area (Å²) >= 11 is 0. The number of ether oxygens (including phenoxy) is 1. The van der Waals surface area contributed by atoms with Crippen LogP contribution in [0.25, 0.3) is 0 Å². The van der Waals surface area contributed by atoms with Crippen LogP contribution in [0.2, 0.25) is 0 Å². The van der Waals surface area contributed by atoms with Crippen LogP contribution in [0.15, 0.2) is 12.2 Å². The molecule has 3 atom stereocenters. The Bertz CT molecular complexity index is 292. The van der Waals surface area contributed by atoms with Crippen molar-refractivity contribution in [2.45, 2.75) is 63.8 Å². The fraction of sp³-hybridized carbons (Fsp3) is 0.800. The molecule has 0 fully saturated rings. The van der Waals surface area contributed by atoms with Crippen molar-refractivity contribution in [2.75, 3.05) is 13.2 Å². The summed E-state index contributed by atoms with van der Waals surface area (Å²) in [5.41, 5.74) is 0. The number of carbonyl (C=O) groups is 1. The van der Waals surface area contributed by atoms with Crippen LogP contribution in [0, 0.1) is 0 Å². The first-order chi connectivity index (χ1) is 9.99. The van der Waals surface area contributed by atoms with E-state index in [1.54, 1.807) is 12.2 Å². The van der Waals surface area contributed by atoms with E-state index in [9.17, 15) is 15.0 Å². The molecule has 0 saturated heterocycles. The van der Waals surface area contributed by atoms with E-state index in [-0.39, 0.29) is 19.1 Å². The standard InChI is InChI=1S/C15H28O6/c1-2-5-12(17)6-3-7-13(18)8-4-9-15(20)21-11-14(19)10-16/h3,7,12-14,16-19H,2,4-6,8-11H2,1H3. The fourth-order valence-corrected chi connectivity index (χ4v) is 1.71. The average Bonchev–Trinajstić information content (AvgIpc) is 2.45. The lowest BCUT2D eigenvalue weighted by Crippen LogP contribution is -2.21. The number of carbonyl (C=O) groups excluding carboxylic acids is 1. The van der Waals surface area contributed by atoms with Gasteiger partial charge in [0.05, 0.1) is 18.8 Å². The maximum atomic E-state index is 11.3. The molecular weight excluding hydrogens is 276 g/mol. The van der Waals surface area contributed by atoms with E-state index in [0.29, 0.717) is 19.3 Å². The molecule has 0 aliphatic rings. The molecule has 0 aliphatic carbocycles. The third-order valence-corrected chi connectivity index (χ3v) is 2.92. The number of esters is 1. The minimum atomic E-state index is -1.04. The lowest BCUT2D eigenvalue weighted by atomic mass is 10.1. The Labute approximate surface area is 126 Å². The molecule has 0 aromatic heterocycles. The van der Waals surface area contributed by atoms with Crippen molar-refractivity contribution in [1.82, 2.24) is 0 Å². The number of rotatable bonds is 12. The normalized spacial score (nSPS) is 15.9. The molecule has 0 radical (unpaired) electrons. The highest BCUT2D eigenvalue weighted by molar-refractivity contribution is 5.69. The molecule has 0 rings (SSSR count). The fourth-order valence-electron chi connectivity index (χ4n) is 1.71. The summed E-state index contributed by atoms with van der Waals surface area (Å²) in [6, 6.07) is 0. The first kappa shape index (κ1) is 20.1. The van der Waals surface area contributed by atoms with Gasteiger partial charge in [-0.3, -0.25) is 4.79 Å². The molecule has 0 spiro atoms. The van der Waals surface area contributed by atoms with Crippen LogP contribution >= 0.6 is 0 Å². The van der Waals surface area contributed by atoms with Crippen molar-refractivity contribution in [3.8, 4) is 0 Å². The summed E-state index contributed by atoms with van der Waals surface area (Å²) < 4.78 is 4.73. The summed E-state index contributed by atoms with van der Waals surface area (Å²) in [5, 5.41) is 36.7. The topological polar surface area (TPSA) is 107 Å². The van der Waals surface area contributed by atoms with Crippen LogP contribution in [-0.2, 0) is 9.53 Å². The minimum Gasteiger partial charge on any atom is -0.463 e. The zero-order valence-electron chi connectivity index (χ0n) is 12.6. The maximum absolute atomic E-state index is 11.3. The van der Waals surface area contributed by atoms with Gasteiger partial charge in [-0.1, -0.05) is 25.5 Å². The Kier molecular flexibility index (Phi) is 12.2. The maximum Gasteiger partial charge on any atom is 0.305 e. The molecule has 4 N–H and O–H groups in total. The molecule has 0 saturated carbocycles. The highest BCUT2D eigenvalue weighted by atomic mass is 16.5. The molecule has 0 aromatic rings. The molecule has 6 nitrogen and oxygen atoms in total. The van der Waals surface area contributed by atoms with Gasteiger partial charge in [-0.25, -0.2) is 0 Å². The number of hydrogen-bond donors (Lipinski definition) is 4. The van der Waals surface area contributed by atoms with E-state index < -0.39 is 24.8 Å². The molecule has 0 amide bonds. The van der Waals surface area contributed by atoms with Gasteiger partial charge in [0.2, 0.25) is 0 Å². The van der Waals surface area contributed by atoms with Crippen LogP contribution in [0.5, 0.6) is 0 Å².